The van der Waals surface area contributed by atoms with Gasteiger partial charge in [-0.25, -0.2) is 8.42 Å². The summed E-state index contributed by atoms with van der Waals surface area (Å²) in [4.78, 5) is 11.7. The molecule has 0 aromatic heterocycles. The lowest BCUT2D eigenvalue weighted by Gasteiger charge is -2.20. The van der Waals surface area contributed by atoms with Crippen molar-refractivity contribution in [3.05, 3.63) is 24.3 Å². The molecule has 1 amide bonds. The molecule has 0 unspecified atom stereocenters. The third kappa shape index (κ3) is 4.71. The molecule has 0 heterocycles. The topological polar surface area (TPSA) is 75.7 Å². The molecule has 0 spiro atoms. The third-order valence-electron chi connectivity index (χ3n) is 2.82. The number of ether oxygens (including phenoxy) is 1. The van der Waals surface area contributed by atoms with Crippen LogP contribution in [0.5, 0.6) is 5.75 Å². The van der Waals surface area contributed by atoms with E-state index >= 15 is 0 Å². The molecule has 1 aromatic rings. The number of nitrogens with zero attached hydrogens (tertiary/aromatic N) is 1. The molecule has 7 heteroatoms. The molecule has 1 aromatic carbocycles. The molecule has 0 aliphatic rings. The van der Waals surface area contributed by atoms with Crippen LogP contribution in [0.25, 0.3) is 0 Å². The van der Waals surface area contributed by atoms with Gasteiger partial charge in [0.25, 0.3) is 0 Å². The van der Waals surface area contributed by atoms with E-state index in [0.29, 0.717) is 18.9 Å². The Bertz CT molecular complexity index is 555. The second-order valence-corrected chi connectivity index (χ2v) is 6.23. The Kier molecular flexibility index (Phi) is 6.64. The van der Waals surface area contributed by atoms with Crippen molar-refractivity contribution in [1.29, 1.82) is 0 Å². The highest BCUT2D eigenvalue weighted by Crippen LogP contribution is 2.19. The summed E-state index contributed by atoms with van der Waals surface area (Å²) >= 11 is 0. The summed E-state index contributed by atoms with van der Waals surface area (Å²) in [7, 11) is -3.68. The van der Waals surface area contributed by atoms with E-state index in [0.717, 1.165) is 4.31 Å². The molecule has 0 saturated heterocycles. The Hall–Kier alpha value is -1.60. The zero-order valence-electron chi connectivity index (χ0n) is 12.6. The highest BCUT2D eigenvalue weighted by Gasteiger charge is 2.24. The van der Waals surface area contributed by atoms with Crippen LogP contribution >= 0.6 is 0 Å². The van der Waals surface area contributed by atoms with E-state index in [2.05, 4.69) is 5.32 Å². The van der Waals surface area contributed by atoms with Gasteiger partial charge in [-0.15, -0.1) is 0 Å². The highest BCUT2D eigenvalue weighted by molar-refractivity contribution is 7.89. The van der Waals surface area contributed by atoms with Gasteiger partial charge in [-0.2, -0.15) is 4.31 Å². The van der Waals surface area contributed by atoms with Crippen molar-refractivity contribution in [1.82, 2.24) is 9.62 Å². The first-order chi connectivity index (χ1) is 9.95. The van der Waals surface area contributed by atoms with E-state index < -0.39 is 10.0 Å². The van der Waals surface area contributed by atoms with Gasteiger partial charge in [0, 0.05) is 13.1 Å². The van der Waals surface area contributed by atoms with Crippen LogP contribution in [0.3, 0.4) is 0 Å². The second-order valence-electron chi connectivity index (χ2n) is 4.29. The number of sulfonamides is 1. The fourth-order valence-electron chi connectivity index (χ4n) is 1.80. The standard InChI is InChI=1S/C14H22N2O4S/c1-4-15-14(17)11-16(5-2)21(18,19)13-9-7-12(8-10-13)20-6-3/h7-10H,4-6,11H2,1-3H3,(H,15,17). The van der Waals surface area contributed by atoms with E-state index in [1.807, 2.05) is 6.92 Å². The van der Waals surface area contributed by atoms with Gasteiger partial charge in [0.2, 0.25) is 15.9 Å². The molecule has 0 fully saturated rings. The minimum atomic E-state index is -3.68. The molecule has 0 radical (unpaired) electrons. The summed E-state index contributed by atoms with van der Waals surface area (Å²) < 4.78 is 31.4. The minimum absolute atomic E-state index is 0.150. The molecule has 6 nitrogen and oxygen atoms in total. The van der Waals surface area contributed by atoms with Crippen molar-refractivity contribution in [2.24, 2.45) is 0 Å². The lowest BCUT2D eigenvalue weighted by molar-refractivity contribution is -0.121. The predicted octanol–water partition coefficient (Wildman–Crippen LogP) is 1.23. The van der Waals surface area contributed by atoms with Crippen molar-refractivity contribution in [3.63, 3.8) is 0 Å². The normalized spacial score (nSPS) is 11.4. The Morgan fingerprint density at radius 3 is 2.29 bits per heavy atom. The summed E-state index contributed by atoms with van der Waals surface area (Å²) in [6.07, 6.45) is 0. The van der Waals surface area contributed by atoms with Gasteiger partial charge in [-0.05, 0) is 38.1 Å². The van der Waals surface area contributed by atoms with Gasteiger partial charge in [0.15, 0.2) is 0 Å². The van der Waals surface area contributed by atoms with Crippen molar-refractivity contribution < 1.29 is 17.9 Å². The fraction of sp³-hybridized carbons (Fsp3) is 0.500. The van der Waals surface area contributed by atoms with E-state index in [1.165, 1.54) is 12.1 Å². The first-order valence-electron chi connectivity index (χ1n) is 6.95. The average molecular weight is 314 g/mol. The second kappa shape index (κ2) is 7.99. The summed E-state index contributed by atoms with van der Waals surface area (Å²) in [5, 5.41) is 2.59. The van der Waals surface area contributed by atoms with Crippen LogP contribution in [-0.4, -0.2) is 44.9 Å². The van der Waals surface area contributed by atoms with Gasteiger partial charge < -0.3 is 10.1 Å². The molecular weight excluding hydrogens is 292 g/mol. The van der Waals surface area contributed by atoms with Crippen LogP contribution in [0.4, 0.5) is 0 Å². The average Bonchev–Trinajstić information content (AvgIpc) is 2.46. The van der Waals surface area contributed by atoms with Crippen molar-refractivity contribution in [3.8, 4) is 5.75 Å². The largest absolute Gasteiger partial charge is 0.494 e. The van der Waals surface area contributed by atoms with Crippen LogP contribution in [0.15, 0.2) is 29.2 Å². The first-order valence-corrected chi connectivity index (χ1v) is 8.39. The van der Waals surface area contributed by atoms with Crippen LogP contribution in [0, 0.1) is 0 Å². The van der Waals surface area contributed by atoms with Crippen molar-refractivity contribution in [2.75, 3.05) is 26.2 Å². The van der Waals surface area contributed by atoms with Gasteiger partial charge in [-0.1, -0.05) is 6.92 Å². The highest BCUT2D eigenvalue weighted by atomic mass is 32.2. The van der Waals surface area contributed by atoms with E-state index in [1.54, 1.807) is 26.0 Å². The zero-order valence-corrected chi connectivity index (χ0v) is 13.4. The lowest BCUT2D eigenvalue weighted by atomic mass is 10.3. The number of carbonyl (C=O) groups excluding carboxylic acids is 1. The molecular formula is C14H22N2O4S. The SMILES string of the molecule is CCNC(=O)CN(CC)S(=O)(=O)c1ccc(OCC)cc1. The number of amides is 1. The Morgan fingerprint density at radius 2 is 1.81 bits per heavy atom. The Morgan fingerprint density at radius 1 is 1.19 bits per heavy atom. The number of hydrogen-bond acceptors (Lipinski definition) is 4. The molecule has 1 rings (SSSR count). The number of hydrogen-bond donors (Lipinski definition) is 1. The Labute approximate surface area is 126 Å². The fourth-order valence-corrected chi connectivity index (χ4v) is 3.21. The minimum Gasteiger partial charge on any atom is -0.494 e. The summed E-state index contributed by atoms with van der Waals surface area (Å²) in [5.74, 6) is 0.303. The van der Waals surface area contributed by atoms with Gasteiger partial charge in [0.05, 0.1) is 18.0 Å². The number of likely N-dealkylation sites (N-methyl/N-ethyl adjacent to an activating group) is 2. The van der Waals surface area contributed by atoms with Crippen LogP contribution in [0.1, 0.15) is 20.8 Å². The van der Waals surface area contributed by atoms with Crippen molar-refractivity contribution in [2.45, 2.75) is 25.7 Å². The predicted molar refractivity (Wildman–Crippen MR) is 80.7 cm³/mol. The number of rotatable bonds is 8. The third-order valence-corrected chi connectivity index (χ3v) is 4.75. The lowest BCUT2D eigenvalue weighted by Crippen LogP contribution is -2.40. The van der Waals surface area contributed by atoms with Crippen LogP contribution < -0.4 is 10.1 Å². The summed E-state index contributed by atoms with van der Waals surface area (Å²) in [5.41, 5.74) is 0. The maximum atomic E-state index is 12.5. The maximum Gasteiger partial charge on any atom is 0.243 e. The molecule has 0 saturated carbocycles. The molecule has 1 N–H and O–H groups in total. The molecule has 0 aliphatic heterocycles. The van der Waals surface area contributed by atoms with E-state index in [-0.39, 0.29) is 23.9 Å². The van der Waals surface area contributed by atoms with Gasteiger partial charge in [-0.3, -0.25) is 4.79 Å². The molecule has 118 valence electrons. The zero-order chi connectivity index (χ0) is 15.9. The van der Waals surface area contributed by atoms with E-state index in [4.69, 9.17) is 4.74 Å². The van der Waals surface area contributed by atoms with Crippen LogP contribution in [0.2, 0.25) is 0 Å². The molecule has 0 atom stereocenters. The summed E-state index contributed by atoms with van der Waals surface area (Å²) in [6.45, 7) is 6.38. The maximum absolute atomic E-state index is 12.5. The van der Waals surface area contributed by atoms with Gasteiger partial charge >= 0.3 is 0 Å². The van der Waals surface area contributed by atoms with E-state index in [9.17, 15) is 13.2 Å². The quantitative estimate of drug-likeness (QED) is 0.783. The number of nitrogens with one attached hydrogen (secondary N) is 1. The summed E-state index contributed by atoms with van der Waals surface area (Å²) in [6, 6.07) is 6.19. The molecule has 21 heavy (non-hydrogen) atoms. The molecule has 0 aliphatic carbocycles. The number of carbonyl (C=O) groups is 1. The number of benzene rings is 1. The Balaban J connectivity index is 2.93. The van der Waals surface area contributed by atoms with Crippen LogP contribution in [-0.2, 0) is 14.8 Å². The molecule has 0 bridgehead atoms. The monoisotopic (exact) mass is 314 g/mol. The first kappa shape index (κ1) is 17.5. The smallest absolute Gasteiger partial charge is 0.243 e. The van der Waals surface area contributed by atoms with Crippen molar-refractivity contribution >= 4 is 15.9 Å². The van der Waals surface area contributed by atoms with Gasteiger partial charge in [0.1, 0.15) is 5.75 Å².